The average Bonchev–Trinajstić information content (AvgIpc) is 3.28. The molecule has 112 valence electrons. The summed E-state index contributed by atoms with van der Waals surface area (Å²) in [7, 11) is 0. The fourth-order valence-corrected chi connectivity index (χ4v) is 2.24. The third kappa shape index (κ3) is 2.50. The van der Waals surface area contributed by atoms with Crippen LogP contribution in [-0.4, -0.2) is 15.2 Å². The van der Waals surface area contributed by atoms with Gasteiger partial charge in [0.15, 0.2) is 23.0 Å². The summed E-state index contributed by atoms with van der Waals surface area (Å²) in [6.45, 7) is 0. The Bertz CT molecular complexity index is 934. The smallest absolute Gasteiger partial charge is 0.182 e. The van der Waals surface area contributed by atoms with Gasteiger partial charge in [-0.2, -0.15) is 0 Å². The molecule has 3 aromatic heterocycles. The normalized spacial score (nSPS) is 10.8. The lowest BCUT2D eigenvalue weighted by Gasteiger charge is -2.05. The molecule has 0 unspecified atom stereocenters. The van der Waals surface area contributed by atoms with Crippen LogP contribution in [0.1, 0.15) is 0 Å². The van der Waals surface area contributed by atoms with E-state index in [1.165, 1.54) is 12.1 Å². The minimum atomic E-state index is -0.360. The number of halogens is 1. The second kappa shape index (κ2) is 5.49. The quantitative estimate of drug-likeness (QED) is 0.567. The molecule has 4 aromatic rings. The molecule has 5 nitrogen and oxygen atoms in total. The lowest BCUT2D eigenvalue weighted by atomic mass is 10.2. The third-order valence-corrected chi connectivity index (χ3v) is 3.28. The van der Waals surface area contributed by atoms with E-state index in [1.807, 2.05) is 0 Å². The van der Waals surface area contributed by atoms with Crippen molar-refractivity contribution in [3.05, 3.63) is 66.9 Å². The molecule has 6 heteroatoms. The van der Waals surface area contributed by atoms with Gasteiger partial charge in [0, 0.05) is 5.56 Å². The topological polar surface area (TPSA) is 65.0 Å². The largest absolute Gasteiger partial charge is 0.463 e. The Hall–Kier alpha value is -3.28. The van der Waals surface area contributed by atoms with Gasteiger partial charge in [0.05, 0.1) is 12.5 Å². The molecule has 0 aliphatic carbocycles. The number of aromatic nitrogens is 3. The van der Waals surface area contributed by atoms with Crippen LogP contribution in [0.2, 0.25) is 0 Å². The fourth-order valence-electron chi connectivity index (χ4n) is 2.24. The Balaban J connectivity index is 1.90. The molecular weight excluding hydrogens is 297 g/mol. The molecule has 0 saturated heterocycles. The molecule has 0 amide bonds. The summed E-state index contributed by atoms with van der Waals surface area (Å²) in [5, 5.41) is 8.28. The molecule has 23 heavy (non-hydrogen) atoms. The maximum Gasteiger partial charge on any atom is 0.182 e. The minimum absolute atomic E-state index is 0.311. The maximum atomic E-state index is 13.4. The minimum Gasteiger partial charge on any atom is -0.463 e. The number of rotatable bonds is 3. The molecule has 0 N–H and O–H groups in total. The highest BCUT2D eigenvalue weighted by Crippen LogP contribution is 2.30. The number of benzene rings is 1. The van der Waals surface area contributed by atoms with E-state index in [0.29, 0.717) is 34.3 Å². The standard InChI is InChI=1S/C17H10FN3O2/c18-12-5-1-4-11(10-12)17-19-15(13-6-2-8-22-13)16(20-21-17)14-7-3-9-23-14/h1-10H. The van der Waals surface area contributed by atoms with Gasteiger partial charge in [0.25, 0.3) is 0 Å². The number of nitrogens with zero attached hydrogens (tertiary/aromatic N) is 3. The van der Waals surface area contributed by atoms with Gasteiger partial charge in [0.2, 0.25) is 0 Å². The third-order valence-electron chi connectivity index (χ3n) is 3.28. The van der Waals surface area contributed by atoms with Gasteiger partial charge in [-0.05, 0) is 36.4 Å². The number of hydrogen-bond acceptors (Lipinski definition) is 5. The van der Waals surface area contributed by atoms with E-state index in [-0.39, 0.29) is 5.82 Å². The van der Waals surface area contributed by atoms with Crippen LogP contribution in [0.15, 0.2) is 69.9 Å². The Morgan fingerprint density at radius 3 is 2.17 bits per heavy atom. The van der Waals surface area contributed by atoms with Crippen LogP contribution in [0.5, 0.6) is 0 Å². The predicted molar refractivity (Wildman–Crippen MR) is 80.6 cm³/mol. The Labute approximate surface area is 130 Å². The van der Waals surface area contributed by atoms with E-state index in [2.05, 4.69) is 15.2 Å². The molecule has 0 aliphatic rings. The van der Waals surface area contributed by atoms with E-state index in [0.717, 1.165) is 0 Å². The molecular formula is C17H10FN3O2. The molecule has 0 saturated carbocycles. The summed E-state index contributed by atoms with van der Waals surface area (Å²) in [5.41, 5.74) is 1.49. The summed E-state index contributed by atoms with van der Waals surface area (Å²) in [6.07, 6.45) is 3.09. The zero-order valence-electron chi connectivity index (χ0n) is 11.8. The fraction of sp³-hybridized carbons (Fsp3) is 0. The van der Waals surface area contributed by atoms with Crippen molar-refractivity contribution in [2.45, 2.75) is 0 Å². The second-order valence-electron chi connectivity index (χ2n) is 4.80. The molecule has 0 bridgehead atoms. The van der Waals surface area contributed by atoms with Crippen LogP contribution in [0.4, 0.5) is 4.39 Å². The first-order valence-electron chi connectivity index (χ1n) is 6.90. The zero-order valence-corrected chi connectivity index (χ0v) is 11.8. The summed E-state index contributed by atoms with van der Waals surface area (Å²) in [4.78, 5) is 4.49. The second-order valence-corrected chi connectivity index (χ2v) is 4.80. The van der Waals surface area contributed by atoms with Crippen molar-refractivity contribution in [3.8, 4) is 34.3 Å². The van der Waals surface area contributed by atoms with E-state index in [1.54, 1.807) is 48.9 Å². The first kappa shape index (κ1) is 13.4. The molecule has 1 aromatic carbocycles. The van der Waals surface area contributed by atoms with Crippen LogP contribution < -0.4 is 0 Å². The van der Waals surface area contributed by atoms with Crippen molar-refractivity contribution in [1.29, 1.82) is 0 Å². The van der Waals surface area contributed by atoms with Gasteiger partial charge in [0.1, 0.15) is 11.5 Å². The monoisotopic (exact) mass is 307 g/mol. The van der Waals surface area contributed by atoms with Crippen LogP contribution in [-0.2, 0) is 0 Å². The van der Waals surface area contributed by atoms with Crippen LogP contribution >= 0.6 is 0 Å². The highest BCUT2D eigenvalue weighted by atomic mass is 19.1. The highest BCUT2D eigenvalue weighted by Gasteiger charge is 2.18. The highest BCUT2D eigenvalue weighted by molar-refractivity contribution is 5.73. The number of furan rings is 2. The van der Waals surface area contributed by atoms with Gasteiger partial charge in [-0.25, -0.2) is 9.37 Å². The van der Waals surface area contributed by atoms with Crippen LogP contribution in [0.25, 0.3) is 34.3 Å². The van der Waals surface area contributed by atoms with Crippen molar-refractivity contribution in [3.63, 3.8) is 0 Å². The predicted octanol–water partition coefficient (Wildman–Crippen LogP) is 4.20. The van der Waals surface area contributed by atoms with E-state index in [4.69, 9.17) is 8.83 Å². The Morgan fingerprint density at radius 1 is 0.783 bits per heavy atom. The van der Waals surface area contributed by atoms with Crippen molar-refractivity contribution in [2.75, 3.05) is 0 Å². The van der Waals surface area contributed by atoms with Gasteiger partial charge < -0.3 is 8.83 Å². The van der Waals surface area contributed by atoms with Crippen molar-refractivity contribution >= 4 is 0 Å². The maximum absolute atomic E-state index is 13.4. The van der Waals surface area contributed by atoms with E-state index < -0.39 is 0 Å². The molecule has 3 heterocycles. The van der Waals surface area contributed by atoms with Crippen molar-refractivity contribution < 1.29 is 13.2 Å². The zero-order chi connectivity index (χ0) is 15.6. The van der Waals surface area contributed by atoms with Gasteiger partial charge >= 0.3 is 0 Å². The van der Waals surface area contributed by atoms with Crippen LogP contribution in [0, 0.1) is 5.82 Å². The molecule has 0 fully saturated rings. The average molecular weight is 307 g/mol. The lowest BCUT2D eigenvalue weighted by molar-refractivity contribution is 0.570. The first-order valence-corrected chi connectivity index (χ1v) is 6.90. The van der Waals surface area contributed by atoms with Crippen molar-refractivity contribution in [2.24, 2.45) is 0 Å². The van der Waals surface area contributed by atoms with Crippen molar-refractivity contribution in [1.82, 2.24) is 15.2 Å². The summed E-state index contributed by atoms with van der Waals surface area (Å²) in [5.74, 6) is 1.01. The molecule has 4 rings (SSSR count). The van der Waals surface area contributed by atoms with Gasteiger partial charge in [-0.1, -0.05) is 12.1 Å². The Kier molecular flexibility index (Phi) is 3.20. The van der Waals surface area contributed by atoms with Gasteiger partial charge in [-0.3, -0.25) is 0 Å². The molecule has 0 radical (unpaired) electrons. The number of hydrogen-bond donors (Lipinski definition) is 0. The van der Waals surface area contributed by atoms with E-state index >= 15 is 0 Å². The Morgan fingerprint density at radius 2 is 1.52 bits per heavy atom. The van der Waals surface area contributed by atoms with Crippen LogP contribution in [0.3, 0.4) is 0 Å². The molecule has 0 spiro atoms. The summed E-state index contributed by atoms with van der Waals surface area (Å²) < 4.78 is 24.2. The lowest BCUT2D eigenvalue weighted by Crippen LogP contribution is -1.99. The SMILES string of the molecule is Fc1cccc(-c2nnc(-c3ccco3)c(-c3ccco3)n2)c1. The summed E-state index contributed by atoms with van der Waals surface area (Å²) >= 11 is 0. The first-order chi connectivity index (χ1) is 11.3. The van der Waals surface area contributed by atoms with Gasteiger partial charge in [-0.15, -0.1) is 10.2 Å². The molecule has 0 aliphatic heterocycles. The summed E-state index contributed by atoms with van der Waals surface area (Å²) in [6, 6.07) is 13.1. The van der Waals surface area contributed by atoms with E-state index in [9.17, 15) is 4.39 Å². The molecule has 0 atom stereocenters.